The Hall–Kier alpha value is -1.35. The molecule has 0 aliphatic carbocycles. The maximum atomic E-state index is 11.3. The molecule has 3 heteroatoms. The summed E-state index contributed by atoms with van der Waals surface area (Å²) in [5, 5.41) is 0. The van der Waals surface area contributed by atoms with E-state index in [4.69, 9.17) is 5.73 Å². The van der Waals surface area contributed by atoms with E-state index < -0.39 is 0 Å². The zero-order valence-corrected chi connectivity index (χ0v) is 9.19. The van der Waals surface area contributed by atoms with Crippen molar-refractivity contribution in [3.63, 3.8) is 0 Å². The molecule has 0 aliphatic rings. The molecular weight excluding hydrogens is 190 g/mol. The van der Waals surface area contributed by atoms with Crippen LogP contribution in [0.1, 0.15) is 29.3 Å². The van der Waals surface area contributed by atoms with Gasteiger partial charge >= 0.3 is 5.97 Å². The second kappa shape index (κ2) is 5.51. The van der Waals surface area contributed by atoms with Crippen LogP contribution in [-0.2, 0) is 11.2 Å². The number of nitrogens with two attached hydrogens (primary N) is 1. The number of esters is 1. The molecule has 0 aliphatic heterocycles. The van der Waals surface area contributed by atoms with Gasteiger partial charge in [0.05, 0.1) is 12.7 Å². The zero-order valence-electron chi connectivity index (χ0n) is 9.19. The maximum Gasteiger partial charge on any atom is 0.337 e. The Morgan fingerprint density at radius 1 is 1.53 bits per heavy atom. The summed E-state index contributed by atoms with van der Waals surface area (Å²) in [7, 11) is 1.38. The van der Waals surface area contributed by atoms with Gasteiger partial charge in [-0.1, -0.05) is 19.1 Å². The molecule has 15 heavy (non-hydrogen) atoms. The van der Waals surface area contributed by atoms with E-state index in [1.807, 2.05) is 18.2 Å². The van der Waals surface area contributed by atoms with Gasteiger partial charge in [-0.25, -0.2) is 4.79 Å². The molecule has 0 radical (unpaired) electrons. The maximum absolute atomic E-state index is 11.3. The molecule has 0 saturated heterocycles. The SMILES string of the molecule is CCC(N)Cc1cccc(C(=O)OC)c1. The van der Waals surface area contributed by atoms with Crippen molar-refractivity contribution >= 4 is 5.97 Å². The molecule has 1 unspecified atom stereocenters. The predicted octanol–water partition coefficient (Wildman–Crippen LogP) is 1.75. The van der Waals surface area contributed by atoms with Crippen molar-refractivity contribution in [3.8, 4) is 0 Å². The van der Waals surface area contributed by atoms with Gasteiger partial charge in [-0.3, -0.25) is 0 Å². The van der Waals surface area contributed by atoms with E-state index in [1.165, 1.54) is 7.11 Å². The Balaban J connectivity index is 2.78. The predicted molar refractivity (Wildman–Crippen MR) is 59.8 cm³/mol. The molecule has 0 amide bonds. The van der Waals surface area contributed by atoms with Gasteiger partial charge < -0.3 is 10.5 Å². The van der Waals surface area contributed by atoms with Crippen LogP contribution in [0.2, 0.25) is 0 Å². The smallest absolute Gasteiger partial charge is 0.337 e. The third-order valence-corrected chi connectivity index (χ3v) is 2.37. The van der Waals surface area contributed by atoms with E-state index in [9.17, 15) is 4.79 Å². The van der Waals surface area contributed by atoms with Crippen LogP contribution in [0.3, 0.4) is 0 Å². The van der Waals surface area contributed by atoms with Crippen molar-refractivity contribution < 1.29 is 9.53 Å². The molecule has 3 nitrogen and oxygen atoms in total. The molecule has 0 fully saturated rings. The summed E-state index contributed by atoms with van der Waals surface area (Å²) >= 11 is 0. The lowest BCUT2D eigenvalue weighted by Crippen LogP contribution is -2.21. The minimum absolute atomic E-state index is 0.151. The van der Waals surface area contributed by atoms with Crippen LogP contribution in [0, 0.1) is 0 Å². The highest BCUT2D eigenvalue weighted by molar-refractivity contribution is 5.89. The number of ether oxygens (including phenoxy) is 1. The number of benzene rings is 1. The highest BCUT2D eigenvalue weighted by Crippen LogP contribution is 2.09. The van der Waals surface area contributed by atoms with Gasteiger partial charge in [-0.2, -0.15) is 0 Å². The first-order valence-corrected chi connectivity index (χ1v) is 5.10. The Labute approximate surface area is 90.2 Å². The van der Waals surface area contributed by atoms with Gasteiger partial charge in [0.25, 0.3) is 0 Å². The van der Waals surface area contributed by atoms with Crippen molar-refractivity contribution in [2.45, 2.75) is 25.8 Å². The summed E-state index contributed by atoms with van der Waals surface area (Å²) in [4.78, 5) is 11.3. The normalized spacial score (nSPS) is 12.2. The number of rotatable bonds is 4. The summed E-state index contributed by atoms with van der Waals surface area (Å²) in [6.45, 7) is 2.05. The van der Waals surface area contributed by atoms with Crippen LogP contribution in [0.5, 0.6) is 0 Å². The fourth-order valence-electron chi connectivity index (χ4n) is 1.39. The molecule has 1 atom stereocenters. The molecule has 0 heterocycles. The molecule has 0 saturated carbocycles. The summed E-state index contributed by atoms with van der Waals surface area (Å²) < 4.78 is 4.65. The third-order valence-electron chi connectivity index (χ3n) is 2.37. The molecule has 2 N–H and O–H groups in total. The van der Waals surface area contributed by atoms with E-state index in [2.05, 4.69) is 11.7 Å². The summed E-state index contributed by atoms with van der Waals surface area (Å²) in [5.41, 5.74) is 7.51. The van der Waals surface area contributed by atoms with E-state index in [-0.39, 0.29) is 12.0 Å². The zero-order chi connectivity index (χ0) is 11.3. The lowest BCUT2D eigenvalue weighted by atomic mass is 10.0. The fraction of sp³-hybridized carbons (Fsp3) is 0.417. The van der Waals surface area contributed by atoms with Crippen LogP contribution in [0.15, 0.2) is 24.3 Å². The standard InChI is InChI=1S/C12H17NO2/c1-3-11(13)8-9-5-4-6-10(7-9)12(14)15-2/h4-7,11H,3,8,13H2,1-2H3. The number of hydrogen-bond acceptors (Lipinski definition) is 3. The topological polar surface area (TPSA) is 52.3 Å². The van der Waals surface area contributed by atoms with Crippen LogP contribution < -0.4 is 5.73 Å². The Morgan fingerprint density at radius 3 is 2.87 bits per heavy atom. The first kappa shape index (κ1) is 11.7. The molecule has 0 spiro atoms. The average Bonchev–Trinajstić information content (AvgIpc) is 2.28. The molecule has 1 rings (SSSR count). The number of carbonyl (C=O) groups excluding carboxylic acids is 1. The van der Waals surface area contributed by atoms with Gasteiger partial charge in [0.15, 0.2) is 0 Å². The van der Waals surface area contributed by atoms with Crippen LogP contribution in [-0.4, -0.2) is 19.1 Å². The number of methoxy groups -OCH3 is 1. The van der Waals surface area contributed by atoms with Crippen molar-refractivity contribution in [2.75, 3.05) is 7.11 Å². The largest absolute Gasteiger partial charge is 0.465 e. The monoisotopic (exact) mass is 207 g/mol. The van der Waals surface area contributed by atoms with Gasteiger partial charge in [-0.15, -0.1) is 0 Å². The quantitative estimate of drug-likeness (QED) is 0.765. The van der Waals surface area contributed by atoms with E-state index >= 15 is 0 Å². The van der Waals surface area contributed by atoms with Gasteiger partial charge in [-0.05, 0) is 30.5 Å². The molecule has 1 aromatic rings. The Morgan fingerprint density at radius 2 is 2.27 bits per heavy atom. The highest BCUT2D eigenvalue weighted by Gasteiger charge is 2.07. The highest BCUT2D eigenvalue weighted by atomic mass is 16.5. The molecule has 82 valence electrons. The Bertz CT molecular complexity index is 336. The summed E-state index contributed by atoms with van der Waals surface area (Å²) in [6.07, 6.45) is 1.73. The van der Waals surface area contributed by atoms with Crippen molar-refractivity contribution in [3.05, 3.63) is 35.4 Å². The molecular formula is C12H17NO2. The molecule has 1 aromatic carbocycles. The minimum atomic E-state index is -0.304. The second-order valence-electron chi connectivity index (χ2n) is 3.56. The summed E-state index contributed by atoms with van der Waals surface area (Å²) in [5.74, 6) is -0.304. The van der Waals surface area contributed by atoms with Gasteiger partial charge in [0.2, 0.25) is 0 Å². The van der Waals surface area contributed by atoms with E-state index in [0.717, 1.165) is 18.4 Å². The number of hydrogen-bond donors (Lipinski definition) is 1. The first-order chi connectivity index (χ1) is 7.17. The minimum Gasteiger partial charge on any atom is -0.465 e. The van der Waals surface area contributed by atoms with E-state index in [1.54, 1.807) is 6.07 Å². The van der Waals surface area contributed by atoms with Crippen LogP contribution in [0.4, 0.5) is 0 Å². The third kappa shape index (κ3) is 3.36. The van der Waals surface area contributed by atoms with Crippen molar-refractivity contribution in [1.82, 2.24) is 0 Å². The molecule has 0 bridgehead atoms. The lowest BCUT2D eigenvalue weighted by molar-refractivity contribution is 0.0600. The first-order valence-electron chi connectivity index (χ1n) is 5.10. The van der Waals surface area contributed by atoms with Crippen LogP contribution in [0.25, 0.3) is 0 Å². The van der Waals surface area contributed by atoms with E-state index in [0.29, 0.717) is 5.56 Å². The summed E-state index contributed by atoms with van der Waals surface area (Å²) in [6, 6.07) is 7.55. The fourth-order valence-corrected chi connectivity index (χ4v) is 1.39. The van der Waals surface area contributed by atoms with Gasteiger partial charge in [0, 0.05) is 6.04 Å². The number of carbonyl (C=O) groups is 1. The van der Waals surface area contributed by atoms with Crippen LogP contribution >= 0.6 is 0 Å². The van der Waals surface area contributed by atoms with Crippen molar-refractivity contribution in [1.29, 1.82) is 0 Å². The van der Waals surface area contributed by atoms with Gasteiger partial charge in [0.1, 0.15) is 0 Å². The average molecular weight is 207 g/mol. The van der Waals surface area contributed by atoms with Crippen molar-refractivity contribution in [2.24, 2.45) is 5.73 Å². The Kier molecular flexibility index (Phi) is 4.31. The second-order valence-corrected chi connectivity index (χ2v) is 3.56. The lowest BCUT2D eigenvalue weighted by Gasteiger charge is -2.09. The molecule has 0 aromatic heterocycles.